The Bertz CT molecular complexity index is 970. The van der Waals surface area contributed by atoms with Crippen molar-refractivity contribution in [2.45, 2.75) is 52.4 Å². The number of amides is 1. The zero-order valence-electron chi connectivity index (χ0n) is 18.9. The first-order valence-electron chi connectivity index (χ1n) is 11.3. The Morgan fingerprint density at radius 1 is 1.22 bits per heavy atom. The van der Waals surface area contributed by atoms with E-state index in [-0.39, 0.29) is 29.4 Å². The first-order valence-corrected chi connectivity index (χ1v) is 11.3. The number of aromatic hydroxyl groups is 1. The molecule has 1 aliphatic heterocycles. The van der Waals surface area contributed by atoms with E-state index >= 15 is 0 Å². The average molecular weight is 442 g/mol. The minimum atomic E-state index is -0.413. The summed E-state index contributed by atoms with van der Waals surface area (Å²) in [5, 5.41) is 21.2. The number of phenolic OH excluding ortho intramolecular Hbond substituents is 1. The molecule has 1 fully saturated rings. The van der Waals surface area contributed by atoms with E-state index in [1.807, 2.05) is 19.9 Å². The average Bonchev–Trinajstić information content (AvgIpc) is 2.96. The van der Waals surface area contributed by atoms with Crippen molar-refractivity contribution in [3.63, 3.8) is 0 Å². The zero-order valence-corrected chi connectivity index (χ0v) is 18.9. The van der Waals surface area contributed by atoms with Gasteiger partial charge in [0.25, 0.3) is 5.69 Å². The normalized spacial score (nSPS) is 17.8. The molecule has 0 spiro atoms. The number of fused-ring (bicyclic) bond motifs is 2. The third kappa shape index (κ3) is 4.84. The van der Waals surface area contributed by atoms with E-state index in [2.05, 4.69) is 4.98 Å². The number of ether oxygens (including phenoxy) is 1. The summed E-state index contributed by atoms with van der Waals surface area (Å²) in [6.45, 7) is 7.37. The van der Waals surface area contributed by atoms with E-state index in [4.69, 9.17) is 4.74 Å². The lowest BCUT2D eigenvalue weighted by molar-refractivity contribution is -0.385. The molecule has 2 aliphatic rings. The van der Waals surface area contributed by atoms with Gasteiger partial charge in [-0.2, -0.15) is 0 Å². The predicted molar refractivity (Wildman–Crippen MR) is 121 cm³/mol. The minimum absolute atomic E-state index is 0.00145. The van der Waals surface area contributed by atoms with Crippen molar-refractivity contribution in [3.8, 4) is 5.75 Å². The summed E-state index contributed by atoms with van der Waals surface area (Å²) >= 11 is 0. The number of piperidine rings is 1. The largest absolute Gasteiger partial charge is 0.508 e. The Kier molecular flexibility index (Phi) is 7.66. The number of aryl methyl sites for hydroxylation is 2. The van der Waals surface area contributed by atoms with Crippen LogP contribution in [0.15, 0.2) is 30.5 Å². The Balaban J connectivity index is 0.00000141. The maximum absolute atomic E-state index is 12.1. The van der Waals surface area contributed by atoms with Crippen LogP contribution in [0.1, 0.15) is 61.9 Å². The highest BCUT2D eigenvalue weighted by Crippen LogP contribution is 2.43. The lowest BCUT2D eigenvalue weighted by Gasteiger charge is -2.36. The van der Waals surface area contributed by atoms with Crippen LogP contribution in [0.2, 0.25) is 0 Å². The van der Waals surface area contributed by atoms with Gasteiger partial charge in [0.15, 0.2) is 0 Å². The van der Waals surface area contributed by atoms with E-state index in [1.165, 1.54) is 6.20 Å². The fourth-order valence-electron chi connectivity index (χ4n) is 4.72. The van der Waals surface area contributed by atoms with Crippen molar-refractivity contribution >= 4 is 11.8 Å². The number of pyridine rings is 1. The Labute approximate surface area is 188 Å². The van der Waals surface area contributed by atoms with Gasteiger partial charge >= 0.3 is 6.09 Å². The number of carbonyl (C=O) groups is 1. The number of aromatic nitrogens is 1. The number of nitrogens with zero attached hydrogens (tertiary/aromatic N) is 3. The Morgan fingerprint density at radius 2 is 1.91 bits per heavy atom. The molecule has 1 aromatic carbocycles. The second kappa shape index (κ2) is 10.4. The van der Waals surface area contributed by atoms with Gasteiger partial charge in [0, 0.05) is 25.1 Å². The standard InChI is InChI=1S/C22H25N3O5.C2H6/c1-2-30-22(27)24-9-7-14(8-10-24)20-19-6-5-18(26)12-15(19)3-4-16-11-17(25(28)29)13-23-21(16)20;1-2/h5-6,11-14,20,26H,2-4,7-10H2,1H3;1-2H3. The number of likely N-dealkylation sites (tertiary alicyclic amines) is 1. The molecular weight excluding hydrogens is 410 g/mol. The molecule has 1 saturated heterocycles. The zero-order chi connectivity index (χ0) is 23.3. The van der Waals surface area contributed by atoms with Crippen LogP contribution in [0.4, 0.5) is 10.5 Å². The topological polar surface area (TPSA) is 106 Å². The van der Waals surface area contributed by atoms with Crippen LogP contribution in [-0.4, -0.2) is 45.7 Å². The van der Waals surface area contributed by atoms with Crippen molar-refractivity contribution < 1.29 is 19.6 Å². The van der Waals surface area contributed by atoms with Crippen molar-refractivity contribution in [2.75, 3.05) is 19.7 Å². The van der Waals surface area contributed by atoms with Gasteiger partial charge in [-0.15, -0.1) is 0 Å². The fourth-order valence-corrected chi connectivity index (χ4v) is 4.72. The molecule has 0 bridgehead atoms. The summed E-state index contributed by atoms with van der Waals surface area (Å²) in [6, 6.07) is 7.06. The van der Waals surface area contributed by atoms with Crippen LogP contribution in [0.3, 0.4) is 0 Å². The summed E-state index contributed by atoms with van der Waals surface area (Å²) in [5.41, 5.74) is 3.92. The molecule has 1 N–H and O–H groups in total. The third-order valence-electron chi connectivity index (χ3n) is 6.15. The highest BCUT2D eigenvalue weighted by molar-refractivity contribution is 5.67. The second-order valence-electron chi connectivity index (χ2n) is 7.88. The summed E-state index contributed by atoms with van der Waals surface area (Å²) < 4.78 is 5.13. The van der Waals surface area contributed by atoms with Crippen molar-refractivity contribution in [1.29, 1.82) is 0 Å². The van der Waals surface area contributed by atoms with Gasteiger partial charge in [-0.1, -0.05) is 19.9 Å². The number of rotatable bonds is 3. The molecule has 2 aromatic rings. The molecule has 4 rings (SSSR count). The van der Waals surface area contributed by atoms with Crippen LogP contribution in [0.5, 0.6) is 5.75 Å². The van der Waals surface area contributed by atoms with Gasteiger partial charge in [-0.05, 0) is 67.3 Å². The highest BCUT2D eigenvalue weighted by Gasteiger charge is 2.35. The van der Waals surface area contributed by atoms with Gasteiger partial charge in [0.1, 0.15) is 11.9 Å². The van der Waals surface area contributed by atoms with E-state index in [0.29, 0.717) is 32.5 Å². The molecule has 1 atom stereocenters. The molecule has 32 heavy (non-hydrogen) atoms. The van der Waals surface area contributed by atoms with E-state index in [9.17, 15) is 20.0 Å². The van der Waals surface area contributed by atoms with Gasteiger partial charge in [-0.25, -0.2) is 4.79 Å². The molecular formula is C24H31N3O5. The molecule has 8 nitrogen and oxygen atoms in total. The molecule has 1 aliphatic carbocycles. The molecule has 1 aromatic heterocycles. The van der Waals surface area contributed by atoms with Crippen LogP contribution < -0.4 is 0 Å². The predicted octanol–water partition coefficient (Wildman–Crippen LogP) is 4.82. The maximum Gasteiger partial charge on any atom is 0.409 e. The molecule has 172 valence electrons. The molecule has 1 unspecified atom stereocenters. The maximum atomic E-state index is 12.1. The van der Waals surface area contributed by atoms with Crippen molar-refractivity contribution in [2.24, 2.45) is 5.92 Å². The minimum Gasteiger partial charge on any atom is -0.508 e. The van der Waals surface area contributed by atoms with Crippen LogP contribution in [0, 0.1) is 16.0 Å². The molecule has 0 saturated carbocycles. The number of carbonyl (C=O) groups excluding carboxylic acids is 1. The fraction of sp³-hybridized carbons (Fsp3) is 0.500. The quantitative estimate of drug-likeness (QED) is 0.541. The van der Waals surface area contributed by atoms with E-state index < -0.39 is 4.92 Å². The summed E-state index contributed by atoms with van der Waals surface area (Å²) in [6.07, 6.45) is 3.97. The third-order valence-corrected chi connectivity index (χ3v) is 6.15. The van der Waals surface area contributed by atoms with E-state index in [1.54, 1.807) is 30.0 Å². The van der Waals surface area contributed by atoms with Crippen LogP contribution in [-0.2, 0) is 17.6 Å². The lowest BCUT2D eigenvalue weighted by Crippen LogP contribution is -2.40. The summed E-state index contributed by atoms with van der Waals surface area (Å²) in [4.78, 5) is 29.2. The van der Waals surface area contributed by atoms with Gasteiger partial charge in [0.2, 0.25) is 0 Å². The Morgan fingerprint density at radius 3 is 2.56 bits per heavy atom. The van der Waals surface area contributed by atoms with Crippen LogP contribution >= 0.6 is 0 Å². The monoisotopic (exact) mass is 441 g/mol. The number of nitro groups is 1. The molecule has 8 heteroatoms. The summed E-state index contributed by atoms with van der Waals surface area (Å²) in [7, 11) is 0. The molecule has 0 radical (unpaired) electrons. The first-order chi connectivity index (χ1) is 15.5. The lowest BCUT2D eigenvalue weighted by atomic mass is 9.76. The van der Waals surface area contributed by atoms with Crippen molar-refractivity contribution in [1.82, 2.24) is 9.88 Å². The highest BCUT2D eigenvalue weighted by atomic mass is 16.6. The molecule has 2 heterocycles. The molecule has 1 amide bonds. The SMILES string of the molecule is CC.CCOC(=O)N1CCC(C2c3ccc(O)cc3CCc3cc([N+](=O)[O-])cnc32)CC1. The number of hydrogen-bond acceptors (Lipinski definition) is 6. The Hall–Kier alpha value is -3.16. The summed E-state index contributed by atoms with van der Waals surface area (Å²) in [5.74, 6) is 0.433. The van der Waals surface area contributed by atoms with Gasteiger partial charge in [0.05, 0.1) is 17.2 Å². The van der Waals surface area contributed by atoms with Gasteiger partial charge in [-0.3, -0.25) is 15.1 Å². The smallest absolute Gasteiger partial charge is 0.409 e. The van der Waals surface area contributed by atoms with Crippen LogP contribution in [0.25, 0.3) is 0 Å². The first kappa shape index (κ1) is 23.5. The number of hydrogen-bond donors (Lipinski definition) is 1. The number of benzene rings is 1. The second-order valence-corrected chi connectivity index (χ2v) is 7.88. The van der Waals surface area contributed by atoms with Crippen molar-refractivity contribution in [3.05, 3.63) is 63.0 Å². The number of phenols is 1. The van der Waals surface area contributed by atoms with E-state index in [0.717, 1.165) is 35.2 Å². The van der Waals surface area contributed by atoms with Gasteiger partial charge < -0.3 is 14.7 Å².